The van der Waals surface area contributed by atoms with E-state index in [0.29, 0.717) is 23.8 Å². The largest absolute Gasteiger partial charge is 0.393 e. The fraction of sp³-hybridized carbons (Fsp3) is 0.655. The minimum absolute atomic E-state index is 0.0448. The molecule has 0 aromatic heterocycles. The molecule has 0 unspecified atom stereocenters. The van der Waals surface area contributed by atoms with Crippen LogP contribution < -0.4 is 5.43 Å². The number of nitrogens with one attached hydrogen (secondary N) is 1. The third kappa shape index (κ3) is 3.12. The van der Waals surface area contributed by atoms with Crippen molar-refractivity contribution in [2.24, 2.45) is 27.8 Å². The van der Waals surface area contributed by atoms with Crippen molar-refractivity contribution >= 4 is 11.6 Å². The van der Waals surface area contributed by atoms with E-state index in [4.69, 9.17) is 14.9 Å². The van der Waals surface area contributed by atoms with E-state index in [1.165, 1.54) is 5.56 Å². The Morgan fingerprint density at radius 2 is 1.83 bits per heavy atom. The Balaban J connectivity index is 1.26. The molecule has 1 aromatic rings. The van der Waals surface area contributed by atoms with E-state index in [0.717, 1.165) is 44.2 Å². The Morgan fingerprint density at radius 1 is 1.06 bits per heavy atom. The van der Waals surface area contributed by atoms with Crippen LogP contribution in [0.2, 0.25) is 0 Å². The summed E-state index contributed by atoms with van der Waals surface area (Å²) in [7, 11) is 0. The normalized spacial score (nSPS) is 44.7. The van der Waals surface area contributed by atoms with Gasteiger partial charge in [-0.3, -0.25) is 4.79 Å². The number of hydrazone groups is 1. The lowest BCUT2D eigenvalue weighted by Gasteiger charge is -2.69. The second-order valence-corrected chi connectivity index (χ2v) is 12.4. The van der Waals surface area contributed by atoms with E-state index < -0.39 is 11.2 Å². The van der Waals surface area contributed by atoms with Crippen LogP contribution in [0.4, 0.5) is 0 Å². The van der Waals surface area contributed by atoms with E-state index in [-0.39, 0.29) is 28.8 Å². The van der Waals surface area contributed by atoms with Crippen molar-refractivity contribution in [1.29, 1.82) is 0 Å². The maximum atomic E-state index is 12.8. The molecule has 2 aliphatic heterocycles. The van der Waals surface area contributed by atoms with Gasteiger partial charge in [-0.1, -0.05) is 45.9 Å². The highest BCUT2D eigenvalue weighted by atomic mass is 17.2. The second-order valence-electron chi connectivity index (χ2n) is 12.4. The van der Waals surface area contributed by atoms with Gasteiger partial charge in [0.25, 0.3) is 5.91 Å². The molecular formula is C29H38N2O4. The lowest BCUT2D eigenvalue weighted by atomic mass is 9.43. The molecular weight excluding hydrogens is 440 g/mol. The van der Waals surface area contributed by atoms with E-state index >= 15 is 0 Å². The van der Waals surface area contributed by atoms with Gasteiger partial charge in [-0.05, 0) is 68.2 Å². The molecule has 2 N–H and O–H groups in total. The van der Waals surface area contributed by atoms with Crippen molar-refractivity contribution in [3.8, 4) is 0 Å². The molecule has 2 bridgehead atoms. The molecule has 1 aromatic carbocycles. The molecule has 4 fully saturated rings. The molecule has 4 aliphatic carbocycles. The predicted octanol–water partition coefficient (Wildman–Crippen LogP) is 5.28. The zero-order valence-electron chi connectivity index (χ0n) is 21.3. The first-order chi connectivity index (χ1) is 16.6. The number of rotatable bonds is 3. The van der Waals surface area contributed by atoms with Gasteiger partial charge in [0.2, 0.25) is 0 Å². The van der Waals surface area contributed by atoms with Crippen LogP contribution in [-0.2, 0) is 9.78 Å². The first kappa shape index (κ1) is 23.4. The van der Waals surface area contributed by atoms with Crippen molar-refractivity contribution in [2.45, 2.75) is 95.9 Å². The molecule has 0 radical (unpaired) electrons. The van der Waals surface area contributed by atoms with Crippen LogP contribution in [-0.4, -0.2) is 34.0 Å². The number of amides is 1. The third-order valence-corrected chi connectivity index (χ3v) is 10.5. The summed E-state index contributed by atoms with van der Waals surface area (Å²) in [6, 6.07) is 7.78. The predicted molar refractivity (Wildman–Crippen MR) is 134 cm³/mol. The van der Waals surface area contributed by atoms with Gasteiger partial charge in [-0.2, -0.15) is 5.10 Å². The first-order valence-electron chi connectivity index (χ1n) is 13.4. The number of hydrogen-bond donors (Lipinski definition) is 2. The highest BCUT2D eigenvalue weighted by molar-refractivity contribution is 5.97. The Labute approximate surface area is 208 Å². The molecule has 7 rings (SSSR count). The molecule has 3 saturated carbocycles. The van der Waals surface area contributed by atoms with Crippen LogP contribution in [0.1, 0.15) is 94.5 Å². The number of aliphatic hydroxyl groups excluding tert-OH is 1. The minimum atomic E-state index is -0.528. The van der Waals surface area contributed by atoms with Gasteiger partial charge in [0.05, 0.1) is 6.10 Å². The van der Waals surface area contributed by atoms with Crippen molar-refractivity contribution in [3.05, 3.63) is 47.5 Å². The Morgan fingerprint density at radius 3 is 2.51 bits per heavy atom. The van der Waals surface area contributed by atoms with Crippen LogP contribution in [0.5, 0.6) is 0 Å². The molecule has 6 nitrogen and oxygen atoms in total. The van der Waals surface area contributed by atoms with Gasteiger partial charge in [0.1, 0.15) is 11.2 Å². The number of fused-ring (bicyclic) bond motifs is 2. The van der Waals surface area contributed by atoms with E-state index in [9.17, 15) is 9.90 Å². The first-order valence-corrected chi connectivity index (χ1v) is 13.4. The van der Waals surface area contributed by atoms with Crippen LogP contribution >= 0.6 is 0 Å². The van der Waals surface area contributed by atoms with Crippen molar-refractivity contribution in [2.75, 3.05) is 0 Å². The van der Waals surface area contributed by atoms with Crippen molar-refractivity contribution < 1.29 is 19.7 Å². The number of benzene rings is 1. The number of carbonyl (C=O) groups excluding carboxylic acids is 1. The summed E-state index contributed by atoms with van der Waals surface area (Å²) in [4.78, 5) is 25.4. The average Bonchev–Trinajstić information content (AvgIpc) is 3.19. The maximum absolute atomic E-state index is 12.8. The fourth-order valence-corrected chi connectivity index (χ4v) is 8.28. The monoisotopic (exact) mass is 478 g/mol. The van der Waals surface area contributed by atoms with E-state index in [2.05, 4.69) is 45.3 Å². The molecule has 7 atom stereocenters. The lowest BCUT2D eigenvalue weighted by Crippen LogP contribution is -2.73. The van der Waals surface area contributed by atoms with Gasteiger partial charge < -0.3 is 5.11 Å². The Hall–Kier alpha value is -2.02. The summed E-state index contributed by atoms with van der Waals surface area (Å²) in [6.45, 7) is 8.93. The van der Waals surface area contributed by atoms with Gasteiger partial charge in [-0.25, -0.2) is 15.2 Å². The van der Waals surface area contributed by atoms with Crippen molar-refractivity contribution in [3.63, 3.8) is 0 Å². The van der Waals surface area contributed by atoms with Crippen LogP contribution in [0.3, 0.4) is 0 Å². The van der Waals surface area contributed by atoms with Crippen LogP contribution in [0.25, 0.3) is 0 Å². The molecule has 2 spiro atoms. The summed E-state index contributed by atoms with van der Waals surface area (Å²) < 4.78 is 0. The van der Waals surface area contributed by atoms with Gasteiger partial charge in [-0.15, -0.1) is 0 Å². The average molecular weight is 479 g/mol. The van der Waals surface area contributed by atoms with Crippen LogP contribution in [0.15, 0.2) is 41.5 Å². The summed E-state index contributed by atoms with van der Waals surface area (Å²) >= 11 is 0. The highest BCUT2D eigenvalue weighted by Gasteiger charge is 2.74. The van der Waals surface area contributed by atoms with E-state index in [1.807, 2.05) is 24.3 Å². The zero-order chi connectivity index (χ0) is 24.6. The minimum Gasteiger partial charge on any atom is -0.393 e. The fourth-order valence-electron chi connectivity index (χ4n) is 8.28. The molecule has 2 heterocycles. The maximum Gasteiger partial charge on any atom is 0.271 e. The van der Waals surface area contributed by atoms with Crippen LogP contribution in [0, 0.1) is 22.7 Å². The molecule has 188 valence electrons. The SMILES string of the molecule is CC(C)c1ccc(C(=O)N/N=C2\CC[C@H]3[C@@]45C=C[C@]6(C[C@@H](O)CC[C@]6(C)[C@H]4CC[C@]23C)OO5)cc1. The summed E-state index contributed by atoms with van der Waals surface area (Å²) in [5.74, 6) is 0.864. The summed E-state index contributed by atoms with van der Waals surface area (Å²) in [5, 5.41) is 15.1. The number of nitrogens with zero attached hydrogens (tertiary/aromatic N) is 1. The topological polar surface area (TPSA) is 80.2 Å². The lowest BCUT2D eigenvalue weighted by molar-refractivity contribution is -0.496. The van der Waals surface area contributed by atoms with Gasteiger partial charge in [0, 0.05) is 40.4 Å². The Kier molecular flexibility index (Phi) is 5.17. The molecule has 6 aliphatic rings. The Bertz CT molecular complexity index is 1100. The third-order valence-electron chi connectivity index (χ3n) is 10.5. The second kappa shape index (κ2) is 7.74. The summed E-state index contributed by atoms with van der Waals surface area (Å²) in [6.07, 6.45) is 10.4. The number of hydrogen-bond acceptors (Lipinski definition) is 5. The zero-order valence-corrected chi connectivity index (χ0v) is 21.3. The molecule has 35 heavy (non-hydrogen) atoms. The standard InChI is InChI=1S/C29H38N2O4/c1-18(2)19-5-7-20(8-6-19)25(33)31-30-24-10-9-22-26(24,3)13-12-23-27(4)14-11-21(32)17-28(27)15-16-29(22,23)35-34-28/h5-8,15-16,18,21-23,32H,9-14,17H2,1-4H3,(H,31,33)/b30-24+/t21-,22+,23+,26-,27+,28+,29-/m0/s1. The molecule has 1 amide bonds. The smallest absolute Gasteiger partial charge is 0.271 e. The van der Waals surface area contributed by atoms with Gasteiger partial charge >= 0.3 is 0 Å². The van der Waals surface area contributed by atoms with Gasteiger partial charge in [0.15, 0.2) is 0 Å². The number of carbonyl (C=O) groups is 1. The quantitative estimate of drug-likeness (QED) is 0.352. The van der Waals surface area contributed by atoms with Crippen molar-refractivity contribution in [1.82, 2.24) is 5.43 Å². The van der Waals surface area contributed by atoms with E-state index in [1.54, 1.807) is 0 Å². The molecule has 1 saturated heterocycles. The highest BCUT2D eigenvalue weighted by Crippen LogP contribution is 2.70. The number of aliphatic hydroxyl groups is 1. The molecule has 6 heteroatoms. The summed E-state index contributed by atoms with van der Waals surface area (Å²) in [5.41, 5.74) is 4.56.